The second kappa shape index (κ2) is 6.92. The maximum atomic E-state index is 13.1. The molecule has 0 radical (unpaired) electrons. The summed E-state index contributed by atoms with van der Waals surface area (Å²) < 4.78 is 13.1. The average Bonchev–Trinajstić information content (AvgIpc) is 2.89. The van der Waals surface area contributed by atoms with Crippen molar-refractivity contribution in [3.8, 4) is 0 Å². The minimum absolute atomic E-state index is 0.217. The van der Waals surface area contributed by atoms with E-state index in [4.69, 9.17) is 0 Å². The lowest BCUT2D eigenvalue weighted by atomic mass is 10.2. The van der Waals surface area contributed by atoms with Crippen LogP contribution < -0.4 is 10.6 Å². The van der Waals surface area contributed by atoms with Gasteiger partial charge in [0.1, 0.15) is 5.82 Å². The predicted octanol–water partition coefficient (Wildman–Crippen LogP) is 2.60. The summed E-state index contributed by atoms with van der Waals surface area (Å²) in [6.45, 7) is 3.33. The number of guanidine groups is 1. The fourth-order valence-electron chi connectivity index (χ4n) is 2.05. The first-order valence-corrected chi connectivity index (χ1v) is 6.72. The Bertz CT molecular complexity index is 460. The van der Waals surface area contributed by atoms with Crippen molar-refractivity contribution in [2.24, 2.45) is 4.99 Å². The third-order valence-electron chi connectivity index (χ3n) is 3.00. The molecule has 3 nitrogen and oxygen atoms in total. The van der Waals surface area contributed by atoms with Crippen LogP contribution in [0.2, 0.25) is 0 Å². The van der Waals surface area contributed by atoms with E-state index in [1.165, 1.54) is 12.1 Å². The lowest BCUT2D eigenvalue weighted by molar-refractivity contribution is 0.624. The Labute approximate surface area is 113 Å². The van der Waals surface area contributed by atoms with E-state index in [0.29, 0.717) is 12.6 Å². The van der Waals surface area contributed by atoms with Crippen LogP contribution in [0.3, 0.4) is 0 Å². The number of hydrogen-bond acceptors (Lipinski definition) is 1. The Morgan fingerprint density at radius 3 is 2.84 bits per heavy atom. The first kappa shape index (κ1) is 13.6. The molecule has 1 aliphatic rings. The minimum Gasteiger partial charge on any atom is -0.357 e. The molecule has 2 N–H and O–H groups in total. The summed E-state index contributed by atoms with van der Waals surface area (Å²) in [7, 11) is 0. The Morgan fingerprint density at radius 2 is 2.16 bits per heavy atom. The van der Waals surface area contributed by atoms with Gasteiger partial charge < -0.3 is 10.6 Å². The topological polar surface area (TPSA) is 36.4 Å². The molecule has 0 saturated heterocycles. The summed E-state index contributed by atoms with van der Waals surface area (Å²) in [5.41, 5.74) is 0.877. The Morgan fingerprint density at radius 1 is 1.37 bits per heavy atom. The first-order valence-electron chi connectivity index (χ1n) is 6.72. The van der Waals surface area contributed by atoms with E-state index in [9.17, 15) is 4.39 Å². The van der Waals surface area contributed by atoms with Gasteiger partial charge >= 0.3 is 0 Å². The van der Waals surface area contributed by atoms with Gasteiger partial charge in [0.05, 0.1) is 6.54 Å². The largest absolute Gasteiger partial charge is 0.357 e. The maximum Gasteiger partial charge on any atom is 0.191 e. The molecule has 2 rings (SSSR count). The highest BCUT2D eigenvalue weighted by Crippen LogP contribution is 2.09. The van der Waals surface area contributed by atoms with Crippen LogP contribution in [0.5, 0.6) is 0 Å². The van der Waals surface area contributed by atoms with Crippen LogP contribution in [0.4, 0.5) is 4.39 Å². The van der Waals surface area contributed by atoms with Gasteiger partial charge in [-0.25, -0.2) is 9.38 Å². The number of halogens is 1. The van der Waals surface area contributed by atoms with Crippen molar-refractivity contribution in [2.45, 2.75) is 32.4 Å². The van der Waals surface area contributed by atoms with E-state index in [1.54, 1.807) is 6.07 Å². The second-order valence-corrected chi connectivity index (χ2v) is 4.61. The van der Waals surface area contributed by atoms with Gasteiger partial charge in [0, 0.05) is 12.6 Å². The molecule has 1 aliphatic carbocycles. The number of benzene rings is 1. The van der Waals surface area contributed by atoms with E-state index in [-0.39, 0.29) is 5.82 Å². The maximum absolute atomic E-state index is 13.1. The molecule has 0 aliphatic heterocycles. The highest BCUT2D eigenvalue weighted by atomic mass is 19.1. The van der Waals surface area contributed by atoms with Gasteiger partial charge in [-0.15, -0.1) is 0 Å². The predicted molar refractivity (Wildman–Crippen MR) is 76.5 cm³/mol. The molecule has 1 aromatic carbocycles. The number of nitrogens with zero attached hydrogens (tertiary/aromatic N) is 1. The first-order chi connectivity index (χ1) is 9.28. The summed E-state index contributed by atoms with van der Waals surface area (Å²) in [5.74, 6) is 0.575. The van der Waals surface area contributed by atoms with E-state index >= 15 is 0 Å². The fourth-order valence-corrected chi connectivity index (χ4v) is 2.05. The quantitative estimate of drug-likeness (QED) is 0.496. The highest BCUT2D eigenvalue weighted by molar-refractivity contribution is 5.80. The van der Waals surface area contributed by atoms with Gasteiger partial charge in [-0.05, 0) is 37.5 Å². The van der Waals surface area contributed by atoms with Crippen LogP contribution in [0.25, 0.3) is 0 Å². The molecule has 0 aromatic heterocycles. The second-order valence-electron chi connectivity index (χ2n) is 4.61. The molecule has 0 heterocycles. The molecular formula is C15H20FN3. The van der Waals surface area contributed by atoms with Crippen molar-refractivity contribution < 1.29 is 4.39 Å². The standard InChI is InChI=1S/C15H20FN3/c1-2-17-15(19-14-8-3-4-9-14)18-11-12-6-5-7-13(16)10-12/h3-7,10,14H,2,8-9,11H2,1H3,(H2,17,18,19). The molecule has 4 heteroatoms. The number of aliphatic imine (C=N–C) groups is 1. The molecular weight excluding hydrogens is 241 g/mol. The van der Waals surface area contributed by atoms with Crippen molar-refractivity contribution in [1.29, 1.82) is 0 Å². The molecule has 0 atom stereocenters. The molecule has 102 valence electrons. The molecule has 0 fully saturated rings. The Balaban J connectivity index is 1.95. The van der Waals surface area contributed by atoms with Gasteiger partial charge in [-0.3, -0.25) is 0 Å². The Hall–Kier alpha value is -1.84. The van der Waals surface area contributed by atoms with Gasteiger partial charge in [-0.2, -0.15) is 0 Å². The average molecular weight is 261 g/mol. The zero-order valence-electron chi connectivity index (χ0n) is 11.2. The van der Waals surface area contributed by atoms with Crippen LogP contribution in [0, 0.1) is 5.82 Å². The van der Waals surface area contributed by atoms with Crippen molar-refractivity contribution in [2.75, 3.05) is 6.54 Å². The molecule has 0 spiro atoms. The van der Waals surface area contributed by atoms with Crippen LogP contribution in [-0.2, 0) is 6.54 Å². The van der Waals surface area contributed by atoms with Crippen LogP contribution in [-0.4, -0.2) is 18.5 Å². The molecule has 19 heavy (non-hydrogen) atoms. The lowest BCUT2D eigenvalue weighted by Crippen LogP contribution is -2.42. The summed E-state index contributed by atoms with van der Waals surface area (Å²) in [6, 6.07) is 6.98. The summed E-state index contributed by atoms with van der Waals surface area (Å²) >= 11 is 0. The van der Waals surface area contributed by atoms with Gasteiger partial charge in [0.15, 0.2) is 5.96 Å². The van der Waals surface area contributed by atoms with Crippen LogP contribution in [0.15, 0.2) is 41.4 Å². The number of nitrogens with one attached hydrogen (secondary N) is 2. The number of hydrogen-bond donors (Lipinski definition) is 2. The molecule has 0 unspecified atom stereocenters. The van der Waals surface area contributed by atoms with Crippen LogP contribution in [0.1, 0.15) is 25.3 Å². The fraction of sp³-hybridized carbons (Fsp3) is 0.400. The lowest BCUT2D eigenvalue weighted by Gasteiger charge is -2.16. The van der Waals surface area contributed by atoms with Crippen molar-refractivity contribution in [3.63, 3.8) is 0 Å². The Kier molecular flexibility index (Phi) is 4.95. The minimum atomic E-state index is -0.217. The molecule has 0 bridgehead atoms. The normalized spacial score (nSPS) is 15.8. The summed E-state index contributed by atoms with van der Waals surface area (Å²) in [4.78, 5) is 4.49. The summed E-state index contributed by atoms with van der Waals surface area (Å²) in [5, 5.41) is 6.60. The molecule has 0 saturated carbocycles. The zero-order chi connectivity index (χ0) is 13.5. The third kappa shape index (κ3) is 4.39. The smallest absolute Gasteiger partial charge is 0.191 e. The monoisotopic (exact) mass is 261 g/mol. The van der Waals surface area contributed by atoms with Crippen molar-refractivity contribution in [1.82, 2.24) is 10.6 Å². The van der Waals surface area contributed by atoms with E-state index in [0.717, 1.165) is 30.9 Å². The van der Waals surface area contributed by atoms with E-state index in [2.05, 4.69) is 27.8 Å². The third-order valence-corrected chi connectivity index (χ3v) is 3.00. The van der Waals surface area contributed by atoms with Crippen LogP contribution >= 0.6 is 0 Å². The SMILES string of the molecule is CCNC(=NCc1cccc(F)c1)NC1CC=CC1. The summed E-state index contributed by atoms with van der Waals surface area (Å²) in [6.07, 6.45) is 6.41. The zero-order valence-corrected chi connectivity index (χ0v) is 11.2. The molecule has 0 amide bonds. The van der Waals surface area contributed by atoms with Crippen molar-refractivity contribution >= 4 is 5.96 Å². The number of rotatable bonds is 4. The van der Waals surface area contributed by atoms with Crippen molar-refractivity contribution in [3.05, 3.63) is 47.8 Å². The van der Waals surface area contributed by atoms with Gasteiger partial charge in [-0.1, -0.05) is 24.3 Å². The highest BCUT2D eigenvalue weighted by Gasteiger charge is 2.11. The van der Waals surface area contributed by atoms with E-state index < -0.39 is 0 Å². The van der Waals surface area contributed by atoms with Gasteiger partial charge in [0.2, 0.25) is 0 Å². The van der Waals surface area contributed by atoms with E-state index in [1.807, 2.05) is 13.0 Å². The van der Waals surface area contributed by atoms with Gasteiger partial charge in [0.25, 0.3) is 0 Å². The molecule has 1 aromatic rings.